The number of rotatable bonds is 6. The number of aliphatic hydroxyl groups is 3. The average Bonchev–Trinajstić information content (AvgIpc) is 3.57. The number of fused-ring (bicyclic) bond motifs is 3. The van der Waals surface area contributed by atoms with Crippen molar-refractivity contribution in [3.8, 4) is 17.2 Å². The van der Waals surface area contributed by atoms with Crippen molar-refractivity contribution in [2.24, 2.45) is 0 Å². The Morgan fingerprint density at radius 2 is 1.83 bits per heavy atom. The maximum absolute atomic E-state index is 13.8. The molecule has 6 atom stereocenters. The normalized spacial score (nSPS) is 28.1. The van der Waals surface area contributed by atoms with E-state index in [1.165, 1.54) is 25.3 Å². The third-order valence-electron chi connectivity index (χ3n) is 8.90. The van der Waals surface area contributed by atoms with Crippen LogP contribution in [0.4, 0.5) is 0 Å². The molecule has 5 N–H and O–H groups in total. The fourth-order valence-electron chi connectivity index (χ4n) is 6.71. The van der Waals surface area contributed by atoms with Gasteiger partial charge in [-0.05, 0) is 19.5 Å². The summed E-state index contributed by atoms with van der Waals surface area (Å²) in [6.45, 7) is 1.30. The summed E-state index contributed by atoms with van der Waals surface area (Å²) in [5, 5.41) is 55.0. The van der Waals surface area contributed by atoms with Gasteiger partial charge in [-0.25, -0.2) is 0 Å². The summed E-state index contributed by atoms with van der Waals surface area (Å²) >= 11 is 7.14. The zero-order valence-electron chi connectivity index (χ0n) is 25.0. The predicted molar refractivity (Wildman–Crippen MR) is 189 cm³/mol. The molecule has 2 aliphatic heterocycles. The third-order valence-corrected chi connectivity index (χ3v) is 8.90. The molecule has 0 spiro atoms. The van der Waals surface area contributed by atoms with Crippen LogP contribution in [0.15, 0.2) is 24.3 Å². The van der Waals surface area contributed by atoms with E-state index in [0.717, 1.165) is 6.42 Å². The maximum atomic E-state index is 13.8. The monoisotopic (exact) mass is 1030 g/mol. The standard InChI is InChI=1S/C31H32NO11.Co.3HI/c1-14-26(35)17(32-8-3-4-9-32)10-21(42-14)43-19-12-31(40,20(34)13-33)11-16-23(19)30(39)25-24(28(16)37)27(36)15-6-5-7-18(41-2)22(15)29(25)38;;;;/h3,5-7,14,17,19,21,26,33,35,37,39-40H,4,9-13H2,1-2H3;;3*1H/q-1;+3;;;/p-3. The molecule has 1 saturated heterocycles. The minimum absolute atomic E-state index is 0.0428. The van der Waals surface area contributed by atoms with E-state index in [1.807, 2.05) is 11.0 Å². The number of ether oxygens (including phenoxy) is 3. The summed E-state index contributed by atoms with van der Waals surface area (Å²) < 4.78 is 17.8. The first-order chi connectivity index (χ1) is 22.2. The number of nitrogens with zero attached hydrogens (tertiary/aromatic N) is 1. The van der Waals surface area contributed by atoms with Gasteiger partial charge in [0.25, 0.3) is 0 Å². The van der Waals surface area contributed by atoms with Crippen molar-refractivity contribution in [2.45, 2.75) is 68.9 Å². The Morgan fingerprint density at radius 3 is 2.45 bits per heavy atom. The van der Waals surface area contributed by atoms with Gasteiger partial charge in [-0.15, -0.1) is 0 Å². The minimum atomic E-state index is -2.24. The molecule has 2 heterocycles. The molecular formula is C31H32CoI3NO11-. The van der Waals surface area contributed by atoms with Crippen molar-refractivity contribution in [1.82, 2.24) is 4.90 Å². The van der Waals surface area contributed by atoms with Crippen molar-refractivity contribution in [2.75, 3.05) is 20.3 Å². The number of methoxy groups -OCH3 is 1. The van der Waals surface area contributed by atoms with Crippen molar-refractivity contribution in [1.29, 1.82) is 0 Å². The molecule has 2 aromatic rings. The van der Waals surface area contributed by atoms with Crippen LogP contribution in [0.5, 0.6) is 17.2 Å². The number of aromatic hydroxyl groups is 2. The first-order valence-corrected chi connectivity index (χ1v) is 24.5. The molecule has 0 radical (unpaired) electrons. The summed E-state index contributed by atoms with van der Waals surface area (Å²) in [5.41, 5.74) is -3.53. The fourth-order valence-corrected chi connectivity index (χ4v) is 6.71. The van der Waals surface area contributed by atoms with Crippen LogP contribution in [0.1, 0.15) is 75.3 Å². The fraction of sp³-hybridized carbons (Fsp3) is 0.452. The van der Waals surface area contributed by atoms with E-state index in [9.17, 15) is 39.9 Å². The Labute approximate surface area is 309 Å². The van der Waals surface area contributed by atoms with Crippen LogP contribution < -0.4 is 4.74 Å². The number of hydrogen-bond donors (Lipinski definition) is 5. The molecule has 0 saturated carbocycles. The summed E-state index contributed by atoms with van der Waals surface area (Å²) in [6.07, 6.45) is 0.983. The SMILES string of the molecule is COc1cccc2c1C(=O)c1c(O)c3c(c(O)c1C2=O)CC(O)(C(=O)CO)CC3OC1CC(N2[C-]=CCC2)C(O)C(C)O1.[I][Co]([I])[I]. The van der Waals surface area contributed by atoms with Crippen molar-refractivity contribution >= 4 is 78.6 Å². The van der Waals surface area contributed by atoms with Gasteiger partial charge in [0.15, 0.2) is 17.9 Å². The number of Topliss-reactive ketones (excluding diaryl/α,β-unsaturated/α-hetero) is 1. The average molecular weight is 1030 g/mol. The van der Waals surface area contributed by atoms with Gasteiger partial charge in [-0.2, -0.15) is 0 Å². The number of hydrogen-bond acceptors (Lipinski definition) is 12. The van der Waals surface area contributed by atoms with Gasteiger partial charge >= 0.3 is 65.3 Å². The van der Waals surface area contributed by atoms with Crippen LogP contribution in [-0.4, -0.2) is 98.2 Å². The van der Waals surface area contributed by atoms with Gasteiger partial charge in [0.2, 0.25) is 5.78 Å². The second kappa shape index (κ2) is 15.0. The van der Waals surface area contributed by atoms with E-state index >= 15 is 0 Å². The van der Waals surface area contributed by atoms with E-state index in [1.54, 1.807) is 6.92 Å². The molecule has 1 fully saturated rings. The van der Waals surface area contributed by atoms with Gasteiger partial charge in [0, 0.05) is 42.0 Å². The molecule has 12 nitrogen and oxygen atoms in total. The Morgan fingerprint density at radius 1 is 1.15 bits per heavy atom. The van der Waals surface area contributed by atoms with Gasteiger partial charge in [-0.3, -0.25) is 20.5 Å². The molecule has 0 aromatic heterocycles. The van der Waals surface area contributed by atoms with Crippen LogP contribution in [-0.2, 0) is 24.7 Å². The summed E-state index contributed by atoms with van der Waals surface area (Å²) in [6, 6.07) is 3.98. The van der Waals surface area contributed by atoms with E-state index in [-0.39, 0.29) is 34.4 Å². The predicted octanol–water partition coefficient (Wildman–Crippen LogP) is 3.72. The molecule has 0 amide bonds. The first-order valence-electron chi connectivity index (χ1n) is 14.5. The number of aliphatic hydroxyl groups excluding tert-OH is 2. The van der Waals surface area contributed by atoms with Crippen LogP contribution in [0, 0.1) is 6.20 Å². The number of phenolic OH excluding ortho intramolecular Hbond substituents is 2. The molecule has 47 heavy (non-hydrogen) atoms. The molecule has 0 bridgehead atoms. The molecule has 4 aliphatic rings. The Balaban J connectivity index is 0.00000103. The Kier molecular flexibility index (Phi) is 11.9. The van der Waals surface area contributed by atoms with Gasteiger partial charge < -0.3 is 50.8 Å². The molecule has 6 rings (SSSR count). The summed E-state index contributed by atoms with van der Waals surface area (Å²) in [4.78, 5) is 42.0. The first kappa shape index (κ1) is 37.1. The van der Waals surface area contributed by atoms with E-state index < -0.39 is 95.7 Å². The van der Waals surface area contributed by atoms with Crippen LogP contribution >= 0.6 is 61.2 Å². The van der Waals surface area contributed by atoms with Crippen molar-refractivity contribution in [3.05, 3.63) is 63.9 Å². The van der Waals surface area contributed by atoms with E-state index in [4.69, 9.17) is 14.2 Å². The molecular weight excluding hydrogens is 1000 g/mol. The molecule has 2 aliphatic carbocycles. The van der Waals surface area contributed by atoms with Crippen molar-refractivity contribution in [3.63, 3.8) is 0 Å². The molecule has 2 aromatic carbocycles. The zero-order chi connectivity index (χ0) is 34.4. The van der Waals surface area contributed by atoms with Gasteiger partial charge in [0.05, 0.1) is 42.1 Å². The second-order valence-corrected chi connectivity index (χ2v) is 37.9. The summed E-state index contributed by atoms with van der Waals surface area (Å²) in [7, 11) is 1.33. The Bertz CT molecular complexity index is 1620. The molecule has 16 heteroatoms. The molecule has 258 valence electrons. The van der Waals surface area contributed by atoms with E-state index in [0.29, 0.717) is 10.5 Å². The topological polar surface area (TPSA) is 183 Å². The van der Waals surface area contributed by atoms with Crippen LogP contribution in [0.25, 0.3) is 0 Å². The van der Waals surface area contributed by atoms with Gasteiger partial charge in [0.1, 0.15) is 29.5 Å². The number of halogens is 3. The number of ketones is 3. The number of carbonyl (C=O) groups is 3. The zero-order valence-corrected chi connectivity index (χ0v) is 32.6. The number of benzene rings is 2. The van der Waals surface area contributed by atoms with E-state index in [2.05, 4.69) is 67.4 Å². The third kappa shape index (κ3) is 7.09. The van der Waals surface area contributed by atoms with Crippen LogP contribution in [0.2, 0.25) is 0 Å². The second-order valence-electron chi connectivity index (χ2n) is 11.5. The van der Waals surface area contributed by atoms with Crippen molar-refractivity contribution < 1.29 is 58.1 Å². The quantitative estimate of drug-likeness (QED) is 0.137. The van der Waals surface area contributed by atoms with Crippen LogP contribution in [0.3, 0.4) is 0 Å². The Hall–Kier alpha value is -1.11. The summed E-state index contributed by atoms with van der Waals surface area (Å²) in [5.74, 6) is -3.69. The number of phenols is 2. The number of carbonyl (C=O) groups excluding carboxylic acids is 3. The van der Waals surface area contributed by atoms with Gasteiger partial charge in [-0.1, -0.05) is 18.6 Å². The molecule has 6 unspecified atom stereocenters.